The SMILES string of the molecule is CC(=O)Nc1cc(C(=O)Nc2ccc(C(C)(C)C)cc2)ccn1. The molecule has 2 amide bonds. The van der Waals surface area contributed by atoms with E-state index in [-0.39, 0.29) is 17.2 Å². The van der Waals surface area contributed by atoms with Gasteiger partial charge in [-0.1, -0.05) is 32.9 Å². The van der Waals surface area contributed by atoms with Crippen LogP contribution in [0, 0.1) is 0 Å². The maximum Gasteiger partial charge on any atom is 0.255 e. The van der Waals surface area contributed by atoms with E-state index in [0.717, 1.165) is 5.69 Å². The molecule has 1 aromatic carbocycles. The second kappa shape index (κ2) is 6.60. The molecule has 5 nitrogen and oxygen atoms in total. The molecule has 0 saturated heterocycles. The van der Waals surface area contributed by atoms with Gasteiger partial charge in [-0.2, -0.15) is 0 Å². The number of hydrogen-bond acceptors (Lipinski definition) is 3. The summed E-state index contributed by atoms with van der Waals surface area (Å²) >= 11 is 0. The van der Waals surface area contributed by atoms with Crippen molar-refractivity contribution in [2.75, 3.05) is 10.6 Å². The summed E-state index contributed by atoms with van der Waals surface area (Å²) in [7, 11) is 0. The van der Waals surface area contributed by atoms with Crippen LogP contribution in [-0.2, 0) is 10.2 Å². The van der Waals surface area contributed by atoms with Gasteiger partial charge in [0, 0.05) is 24.4 Å². The van der Waals surface area contributed by atoms with Gasteiger partial charge in [0.1, 0.15) is 5.82 Å². The van der Waals surface area contributed by atoms with Crippen molar-refractivity contribution in [2.45, 2.75) is 33.1 Å². The Hall–Kier alpha value is -2.69. The molecule has 23 heavy (non-hydrogen) atoms. The molecule has 0 atom stereocenters. The lowest BCUT2D eigenvalue weighted by molar-refractivity contribution is -0.114. The maximum absolute atomic E-state index is 12.3. The first kappa shape index (κ1) is 16.7. The molecule has 0 aliphatic rings. The summed E-state index contributed by atoms with van der Waals surface area (Å²) in [5.41, 5.74) is 2.43. The third-order valence-corrected chi connectivity index (χ3v) is 3.34. The number of carbonyl (C=O) groups is 2. The van der Waals surface area contributed by atoms with Gasteiger partial charge >= 0.3 is 0 Å². The topological polar surface area (TPSA) is 71.1 Å². The molecule has 0 bridgehead atoms. The zero-order chi connectivity index (χ0) is 17.0. The molecule has 5 heteroatoms. The molecular weight excluding hydrogens is 290 g/mol. The van der Waals surface area contributed by atoms with Gasteiger partial charge < -0.3 is 10.6 Å². The molecule has 1 heterocycles. The number of carbonyl (C=O) groups excluding carboxylic acids is 2. The van der Waals surface area contributed by atoms with Crippen molar-refractivity contribution >= 4 is 23.3 Å². The zero-order valence-corrected chi connectivity index (χ0v) is 13.8. The molecule has 0 saturated carbocycles. The number of benzene rings is 1. The van der Waals surface area contributed by atoms with Crippen molar-refractivity contribution < 1.29 is 9.59 Å². The fraction of sp³-hybridized carbons (Fsp3) is 0.278. The fourth-order valence-electron chi connectivity index (χ4n) is 2.08. The van der Waals surface area contributed by atoms with Gasteiger partial charge in [0.25, 0.3) is 5.91 Å². The Bertz CT molecular complexity index is 716. The quantitative estimate of drug-likeness (QED) is 0.910. The number of anilines is 2. The van der Waals surface area contributed by atoms with E-state index in [9.17, 15) is 9.59 Å². The Morgan fingerprint density at radius 3 is 2.22 bits per heavy atom. The molecule has 0 unspecified atom stereocenters. The molecule has 0 aliphatic carbocycles. The number of amides is 2. The highest BCUT2D eigenvalue weighted by Crippen LogP contribution is 2.23. The van der Waals surface area contributed by atoms with E-state index in [2.05, 4.69) is 36.4 Å². The largest absolute Gasteiger partial charge is 0.322 e. The van der Waals surface area contributed by atoms with E-state index in [0.29, 0.717) is 11.4 Å². The Labute approximate surface area is 136 Å². The van der Waals surface area contributed by atoms with Gasteiger partial charge in [-0.25, -0.2) is 4.98 Å². The predicted octanol–water partition coefficient (Wildman–Crippen LogP) is 3.59. The van der Waals surface area contributed by atoms with Crippen LogP contribution in [0.4, 0.5) is 11.5 Å². The molecule has 120 valence electrons. The molecule has 0 radical (unpaired) electrons. The van der Waals surface area contributed by atoms with Crippen molar-refractivity contribution in [3.63, 3.8) is 0 Å². The van der Waals surface area contributed by atoms with E-state index < -0.39 is 0 Å². The van der Waals surface area contributed by atoms with E-state index in [1.807, 2.05) is 24.3 Å². The molecule has 2 rings (SSSR count). The van der Waals surface area contributed by atoms with Gasteiger partial charge in [0.15, 0.2) is 0 Å². The lowest BCUT2D eigenvalue weighted by atomic mass is 9.87. The Kier molecular flexibility index (Phi) is 4.79. The number of pyridine rings is 1. The minimum atomic E-state index is -0.248. The Morgan fingerprint density at radius 1 is 1.00 bits per heavy atom. The van der Waals surface area contributed by atoms with Crippen LogP contribution >= 0.6 is 0 Å². The van der Waals surface area contributed by atoms with Gasteiger partial charge in [-0.3, -0.25) is 9.59 Å². The standard InChI is InChI=1S/C18H21N3O2/c1-12(22)20-16-11-13(9-10-19-16)17(23)21-15-7-5-14(6-8-15)18(2,3)4/h5-11H,1-4H3,(H,21,23)(H,19,20,22). The number of nitrogens with zero attached hydrogens (tertiary/aromatic N) is 1. The summed E-state index contributed by atoms with van der Waals surface area (Å²) in [4.78, 5) is 27.3. The van der Waals surface area contributed by atoms with Crippen LogP contribution < -0.4 is 10.6 Å². The summed E-state index contributed by atoms with van der Waals surface area (Å²) in [5.74, 6) is -0.122. The highest BCUT2D eigenvalue weighted by Gasteiger charge is 2.13. The van der Waals surface area contributed by atoms with Gasteiger partial charge in [-0.05, 0) is 35.2 Å². The second-order valence-electron chi connectivity index (χ2n) is 6.39. The van der Waals surface area contributed by atoms with Crippen LogP contribution in [0.2, 0.25) is 0 Å². The third kappa shape index (κ3) is 4.64. The van der Waals surface area contributed by atoms with Crippen molar-refractivity contribution in [1.82, 2.24) is 4.98 Å². The molecule has 1 aromatic heterocycles. The lowest BCUT2D eigenvalue weighted by Gasteiger charge is -2.19. The van der Waals surface area contributed by atoms with Crippen molar-refractivity contribution in [2.24, 2.45) is 0 Å². The van der Waals surface area contributed by atoms with Crippen LogP contribution in [-0.4, -0.2) is 16.8 Å². The number of rotatable bonds is 3. The van der Waals surface area contributed by atoms with Crippen molar-refractivity contribution in [3.05, 3.63) is 53.7 Å². The average molecular weight is 311 g/mol. The van der Waals surface area contributed by atoms with Crippen LogP contribution in [0.25, 0.3) is 0 Å². The minimum Gasteiger partial charge on any atom is -0.322 e. The summed E-state index contributed by atoms with van der Waals surface area (Å²) in [6, 6.07) is 10.9. The molecular formula is C18H21N3O2. The summed E-state index contributed by atoms with van der Waals surface area (Å²) in [6.45, 7) is 7.81. The van der Waals surface area contributed by atoms with Crippen LogP contribution in [0.1, 0.15) is 43.6 Å². The predicted molar refractivity (Wildman–Crippen MR) is 91.6 cm³/mol. The first-order chi connectivity index (χ1) is 10.8. The Balaban J connectivity index is 2.11. The monoisotopic (exact) mass is 311 g/mol. The number of nitrogens with one attached hydrogen (secondary N) is 2. The number of hydrogen-bond donors (Lipinski definition) is 2. The maximum atomic E-state index is 12.3. The molecule has 2 N–H and O–H groups in total. The highest BCUT2D eigenvalue weighted by atomic mass is 16.2. The molecule has 0 fully saturated rings. The first-order valence-electron chi connectivity index (χ1n) is 7.41. The van der Waals surface area contributed by atoms with Gasteiger partial charge in [-0.15, -0.1) is 0 Å². The normalized spacial score (nSPS) is 11.0. The smallest absolute Gasteiger partial charge is 0.255 e. The lowest BCUT2D eigenvalue weighted by Crippen LogP contribution is -2.14. The summed E-state index contributed by atoms with van der Waals surface area (Å²) in [5, 5.41) is 5.40. The fourth-order valence-corrected chi connectivity index (χ4v) is 2.08. The summed E-state index contributed by atoms with van der Waals surface area (Å²) < 4.78 is 0. The molecule has 2 aromatic rings. The number of aromatic nitrogens is 1. The minimum absolute atomic E-state index is 0.0703. The average Bonchev–Trinajstić information content (AvgIpc) is 2.46. The third-order valence-electron chi connectivity index (χ3n) is 3.34. The zero-order valence-electron chi connectivity index (χ0n) is 13.8. The summed E-state index contributed by atoms with van der Waals surface area (Å²) in [6.07, 6.45) is 1.49. The van der Waals surface area contributed by atoms with Gasteiger partial charge in [0.2, 0.25) is 5.91 Å². The molecule has 0 aliphatic heterocycles. The van der Waals surface area contributed by atoms with E-state index in [4.69, 9.17) is 0 Å². The van der Waals surface area contributed by atoms with E-state index >= 15 is 0 Å². The highest BCUT2D eigenvalue weighted by molar-refractivity contribution is 6.05. The van der Waals surface area contributed by atoms with E-state index in [1.165, 1.54) is 18.7 Å². The Morgan fingerprint density at radius 2 is 1.65 bits per heavy atom. The van der Waals surface area contributed by atoms with Crippen LogP contribution in [0.15, 0.2) is 42.6 Å². The molecule has 0 spiro atoms. The first-order valence-corrected chi connectivity index (χ1v) is 7.41. The van der Waals surface area contributed by atoms with Crippen molar-refractivity contribution in [3.8, 4) is 0 Å². The van der Waals surface area contributed by atoms with E-state index in [1.54, 1.807) is 12.1 Å². The second-order valence-corrected chi connectivity index (χ2v) is 6.39. The van der Waals surface area contributed by atoms with Crippen LogP contribution in [0.3, 0.4) is 0 Å². The van der Waals surface area contributed by atoms with Gasteiger partial charge in [0.05, 0.1) is 0 Å². The van der Waals surface area contributed by atoms with Crippen LogP contribution in [0.5, 0.6) is 0 Å². The van der Waals surface area contributed by atoms with Crippen molar-refractivity contribution in [1.29, 1.82) is 0 Å².